The first kappa shape index (κ1) is 14.9. The molecule has 0 amide bonds. The van der Waals surface area contributed by atoms with Gasteiger partial charge in [-0.25, -0.2) is 0 Å². The average Bonchev–Trinajstić information content (AvgIpc) is 2.49. The number of benzene rings is 1. The van der Waals surface area contributed by atoms with E-state index in [-0.39, 0.29) is 0 Å². The third kappa shape index (κ3) is 3.41. The molecular weight excluding hydrogens is 262 g/mol. The van der Waals surface area contributed by atoms with E-state index in [4.69, 9.17) is 9.47 Å². The molecule has 1 saturated carbocycles. The number of ether oxygens (including phenoxy) is 2. The van der Waals surface area contributed by atoms with Crippen molar-refractivity contribution in [1.29, 1.82) is 0 Å². The molecule has 0 N–H and O–H groups in total. The van der Waals surface area contributed by atoms with Crippen molar-refractivity contribution in [1.82, 2.24) is 4.90 Å². The highest BCUT2D eigenvalue weighted by Gasteiger charge is 2.46. The third-order valence-corrected chi connectivity index (χ3v) is 5.21. The van der Waals surface area contributed by atoms with E-state index in [1.807, 2.05) is 0 Å². The first-order valence-corrected chi connectivity index (χ1v) is 8.20. The average molecular weight is 289 g/mol. The van der Waals surface area contributed by atoms with Gasteiger partial charge in [-0.15, -0.1) is 0 Å². The van der Waals surface area contributed by atoms with E-state index in [0.29, 0.717) is 11.5 Å². The summed E-state index contributed by atoms with van der Waals surface area (Å²) in [4.78, 5) is 2.58. The summed E-state index contributed by atoms with van der Waals surface area (Å²) in [6.45, 7) is 6.48. The summed E-state index contributed by atoms with van der Waals surface area (Å²) in [5.74, 6) is 0.938. The van der Waals surface area contributed by atoms with Gasteiger partial charge in [0.1, 0.15) is 5.75 Å². The van der Waals surface area contributed by atoms with E-state index in [1.54, 1.807) is 7.11 Å². The summed E-state index contributed by atoms with van der Waals surface area (Å²) in [5, 5.41) is 0. The second kappa shape index (κ2) is 6.37. The SMILES string of the molecule is CCOC1CC2(CCN(Cc3ccc(OC)cc3)CC2)C1. The standard InChI is InChI=1S/C18H27NO2/c1-3-21-17-12-18(13-17)8-10-19(11-9-18)14-15-4-6-16(20-2)7-5-15/h4-7,17H,3,8-14H2,1-2H3. The number of methoxy groups -OCH3 is 1. The van der Waals surface area contributed by atoms with E-state index in [0.717, 1.165) is 18.9 Å². The first-order chi connectivity index (χ1) is 10.2. The Morgan fingerprint density at radius 2 is 1.81 bits per heavy atom. The van der Waals surface area contributed by atoms with Gasteiger partial charge in [-0.2, -0.15) is 0 Å². The predicted octanol–water partition coefficient (Wildman–Crippen LogP) is 3.48. The predicted molar refractivity (Wildman–Crippen MR) is 84.6 cm³/mol. The molecule has 1 aromatic carbocycles. The molecule has 3 nitrogen and oxygen atoms in total. The monoisotopic (exact) mass is 289 g/mol. The van der Waals surface area contributed by atoms with Crippen molar-refractivity contribution < 1.29 is 9.47 Å². The highest BCUT2D eigenvalue weighted by atomic mass is 16.5. The van der Waals surface area contributed by atoms with Gasteiger partial charge < -0.3 is 9.47 Å². The van der Waals surface area contributed by atoms with Gasteiger partial charge in [0.15, 0.2) is 0 Å². The van der Waals surface area contributed by atoms with Crippen LogP contribution in [0, 0.1) is 5.41 Å². The van der Waals surface area contributed by atoms with Crippen LogP contribution in [-0.2, 0) is 11.3 Å². The minimum Gasteiger partial charge on any atom is -0.497 e. The van der Waals surface area contributed by atoms with Gasteiger partial charge in [0.25, 0.3) is 0 Å². The highest BCUT2D eigenvalue weighted by Crippen LogP contribution is 2.50. The largest absolute Gasteiger partial charge is 0.497 e. The fourth-order valence-corrected chi connectivity index (χ4v) is 3.84. The van der Waals surface area contributed by atoms with Crippen molar-refractivity contribution >= 4 is 0 Å². The summed E-state index contributed by atoms with van der Waals surface area (Å²) < 4.78 is 10.9. The molecule has 1 spiro atoms. The molecule has 0 unspecified atom stereocenters. The molecule has 21 heavy (non-hydrogen) atoms. The molecule has 1 heterocycles. The van der Waals surface area contributed by atoms with Gasteiger partial charge in [-0.3, -0.25) is 4.90 Å². The Hall–Kier alpha value is -1.06. The molecule has 0 aromatic heterocycles. The van der Waals surface area contributed by atoms with E-state index < -0.39 is 0 Å². The smallest absolute Gasteiger partial charge is 0.118 e. The molecule has 2 fully saturated rings. The second-order valence-electron chi connectivity index (χ2n) is 6.61. The number of likely N-dealkylation sites (tertiary alicyclic amines) is 1. The maximum Gasteiger partial charge on any atom is 0.118 e. The van der Waals surface area contributed by atoms with Crippen LogP contribution in [-0.4, -0.2) is 37.8 Å². The topological polar surface area (TPSA) is 21.7 Å². The molecule has 3 heteroatoms. The van der Waals surface area contributed by atoms with E-state index >= 15 is 0 Å². The Bertz CT molecular complexity index is 441. The zero-order valence-corrected chi connectivity index (χ0v) is 13.3. The number of piperidine rings is 1. The van der Waals surface area contributed by atoms with Gasteiger partial charge >= 0.3 is 0 Å². The fraction of sp³-hybridized carbons (Fsp3) is 0.667. The van der Waals surface area contributed by atoms with Gasteiger partial charge in [-0.1, -0.05) is 12.1 Å². The molecule has 1 saturated heterocycles. The molecule has 0 atom stereocenters. The Morgan fingerprint density at radius 3 is 2.38 bits per heavy atom. The Kier molecular flexibility index (Phi) is 4.51. The molecule has 116 valence electrons. The molecule has 0 bridgehead atoms. The van der Waals surface area contributed by atoms with E-state index in [9.17, 15) is 0 Å². The molecule has 1 aromatic rings. The van der Waals surface area contributed by atoms with Crippen LogP contribution < -0.4 is 4.74 Å². The Labute approximate surface area is 128 Å². The minimum atomic E-state index is 0.545. The maximum absolute atomic E-state index is 5.72. The van der Waals surface area contributed by atoms with Crippen LogP contribution in [0.2, 0.25) is 0 Å². The molecule has 1 aliphatic heterocycles. The quantitative estimate of drug-likeness (QED) is 0.828. The van der Waals surface area contributed by atoms with Crippen LogP contribution >= 0.6 is 0 Å². The van der Waals surface area contributed by atoms with Gasteiger partial charge in [0.05, 0.1) is 13.2 Å². The molecule has 1 aliphatic carbocycles. The number of hydrogen-bond acceptors (Lipinski definition) is 3. The van der Waals surface area contributed by atoms with Gasteiger partial charge in [0.2, 0.25) is 0 Å². The lowest BCUT2D eigenvalue weighted by Crippen LogP contribution is -2.49. The van der Waals surface area contributed by atoms with E-state index in [1.165, 1.54) is 44.3 Å². The van der Waals surface area contributed by atoms with Crippen molar-refractivity contribution in [2.75, 3.05) is 26.8 Å². The fourth-order valence-electron chi connectivity index (χ4n) is 3.84. The summed E-state index contributed by atoms with van der Waals surface area (Å²) >= 11 is 0. The minimum absolute atomic E-state index is 0.545. The van der Waals surface area contributed by atoms with Crippen molar-refractivity contribution in [3.8, 4) is 5.75 Å². The lowest BCUT2D eigenvalue weighted by atomic mass is 9.61. The zero-order valence-electron chi connectivity index (χ0n) is 13.3. The molecular formula is C18H27NO2. The summed E-state index contributed by atoms with van der Waals surface area (Å²) in [6, 6.07) is 8.47. The third-order valence-electron chi connectivity index (χ3n) is 5.21. The first-order valence-electron chi connectivity index (χ1n) is 8.20. The number of rotatable bonds is 5. The summed E-state index contributed by atoms with van der Waals surface area (Å²) in [6.07, 6.45) is 5.80. The highest BCUT2D eigenvalue weighted by molar-refractivity contribution is 5.27. The van der Waals surface area contributed by atoms with Crippen molar-refractivity contribution in [3.63, 3.8) is 0 Å². The van der Waals surface area contributed by atoms with Crippen molar-refractivity contribution in [2.24, 2.45) is 5.41 Å². The van der Waals surface area contributed by atoms with Crippen molar-refractivity contribution in [3.05, 3.63) is 29.8 Å². The summed E-state index contributed by atoms with van der Waals surface area (Å²) in [7, 11) is 1.72. The second-order valence-corrected chi connectivity index (χ2v) is 6.61. The van der Waals surface area contributed by atoms with Crippen LogP contribution in [0.3, 0.4) is 0 Å². The lowest BCUT2D eigenvalue weighted by Gasteiger charge is -2.52. The van der Waals surface area contributed by atoms with Crippen LogP contribution in [0.15, 0.2) is 24.3 Å². The molecule has 2 aliphatic rings. The Balaban J connectivity index is 1.45. The van der Waals surface area contributed by atoms with E-state index in [2.05, 4.69) is 36.1 Å². The molecule has 3 rings (SSSR count). The zero-order chi connectivity index (χ0) is 14.7. The lowest BCUT2D eigenvalue weighted by molar-refractivity contribution is -0.102. The number of hydrogen-bond donors (Lipinski definition) is 0. The van der Waals surface area contributed by atoms with Crippen LogP contribution in [0.1, 0.15) is 38.2 Å². The van der Waals surface area contributed by atoms with Crippen LogP contribution in [0.5, 0.6) is 5.75 Å². The van der Waals surface area contributed by atoms with Crippen molar-refractivity contribution in [2.45, 2.75) is 45.3 Å². The number of nitrogens with zero attached hydrogens (tertiary/aromatic N) is 1. The van der Waals surface area contributed by atoms with Gasteiger partial charge in [-0.05, 0) is 68.8 Å². The van der Waals surface area contributed by atoms with Crippen LogP contribution in [0.25, 0.3) is 0 Å². The maximum atomic E-state index is 5.72. The van der Waals surface area contributed by atoms with Crippen LogP contribution in [0.4, 0.5) is 0 Å². The Morgan fingerprint density at radius 1 is 1.14 bits per heavy atom. The summed E-state index contributed by atoms with van der Waals surface area (Å²) in [5.41, 5.74) is 1.99. The molecule has 0 radical (unpaired) electrons. The normalized spacial score (nSPS) is 22.2. The van der Waals surface area contributed by atoms with Gasteiger partial charge in [0, 0.05) is 13.2 Å².